The highest BCUT2D eigenvalue weighted by Gasteiger charge is 2.27. The Labute approximate surface area is 193 Å². The molecule has 0 spiro atoms. The summed E-state index contributed by atoms with van der Waals surface area (Å²) in [5, 5.41) is 5.14. The molecular formula is C27H24N2O3S. The number of anilines is 2. The Kier molecular flexibility index (Phi) is 5.38. The number of carbonyl (C=O) groups is 1. The zero-order chi connectivity index (χ0) is 23.0. The number of aryl methyl sites for hydroxylation is 3. The van der Waals surface area contributed by atoms with Crippen molar-refractivity contribution < 1.29 is 13.2 Å². The predicted octanol–water partition coefficient (Wildman–Crippen LogP) is 5.08. The maximum atomic E-state index is 13.5. The van der Waals surface area contributed by atoms with E-state index in [4.69, 9.17) is 0 Å². The Morgan fingerprint density at radius 1 is 0.848 bits per heavy atom. The quantitative estimate of drug-likeness (QED) is 0.440. The van der Waals surface area contributed by atoms with E-state index >= 15 is 0 Å². The summed E-state index contributed by atoms with van der Waals surface area (Å²) < 4.78 is 28.1. The third-order valence-electron chi connectivity index (χ3n) is 6.09. The van der Waals surface area contributed by atoms with E-state index in [9.17, 15) is 13.2 Å². The summed E-state index contributed by atoms with van der Waals surface area (Å²) in [6, 6.07) is 25.4. The van der Waals surface area contributed by atoms with Crippen LogP contribution in [0.2, 0.25) is 0 Å². The number of sulfonamides is 1. The lowest BCUT2D eigenvalue weighted by Crippen LogP contribution is -2.38. The van der Waals surface area contributed by atoms with Crippen molar-refractivity contribution in [2.75, 3.05) is 16.2 Å². The van der Waals surface area contributed by atoms with Gasteiger partial charge < -0.3 is 5.32 Å². The summed E-state index contributed by atoms with van der Waals surface area (Å²) in [7, 11) is -3.93. The largest absolute Gasteiger partial charge is 0.324 e. The first kappa shape index (κ1) is 21.2. The molecular weight excluding hydrogens is 432 g/mol. The van der Waals surface area contributed by atoms with Crippen LogP contribution in [-0.4, -0.2) is 20.9 Å². The van der Waals surface area contributed by atoms with Crippen LogP contribution in [-0.2, 0) is 27.7 Å². The van der Waals surface area contributed by atoms with Crippen molar-refractivity contribution in [1.82, 2.24) is 0 Å². The molecule has 4 aromatic carbocycles. The van der Waals surface area contributed by atoms with Crippen LogP contribution >= 0.6 is 0 Å². The minimum atomic E-state index is -3.93. The molecule has 0 bridgehead atoms. The van der Waals surface area contributed by atoms with Gasteiger partial charge in [-0.25, -0.2) is 8.42 Å². The monoisotopic (exact) mass is 456 g/mol. The minimum Gasteiger partial charge on any atom is -0.324 e. The first-order valence-corrected chi connectivity index (χ1v) is 12.4. The lowest BCUT2D eigenvalue weighted by atomic mass is 10.0. The minimum absolute atomic E-state index is 0.142. The number of amides is 1. The van der Waals surface area contributed by atoms with E-state index in [0.717, 1.165) is 28.1 Å². The van der Waals surface area contributed by atoms with Gasteiger partial charge in [0, 0.05) is 11.1 Å². The van der Waals surface area contributed by atoms with Crippen LogP contribution < -0.4 is 9.62 Å². The molecule has 33 heavy (non-hydrogen) atoms. The van der Waals surface area contributed by atoms with Gasteiger partial charge in [-0.3, -0.25) is 9.10 Å². The second kappa shape index (κ2) is 8.37. The maximum absolute atomic E-state index is 13.5. The highest BCUT2D eigenvalue weighted by atomic mass is 32.2. The second-order valence-corrected chi connectivity index (χ2v) is 10.2. The van der Waals surface area contributed by atoms with Crippen LogP contribution in [0.15, 0.2) is 89.8 Å². The van der Waals surface area contributed by atoms with Gasteiger partial charge in [0.15, 0.2) is 0 Å². The van der Waals surface area contributed by atoms with E-state index in [1.165, 1.54) is 28.6 Å². The van der Waals surface area contributed by atoms with Crippen molar-refractivity contribution >= 4 is 38.1 Å². The summed E-state index contributed by atoms with van der Waals surface area (Å²) in [5.41, 5.74) is 4.72. The van der Waals surface area contributed by atoms with Crippen molar-refractivity contribution in [2.24, 2.45) is 0 Å². The molecule has 1 N–H and O–H groups in total. The van der Waals surface area contributed by atoms with E-state index in [2.05, 4.69) is 11.4 Å². The third kappa shape index (κ3) is 3.98. The summed E-state index contributed by atoms with van der Waals surface area (Å²) >= 11 is 0. The van der Waals surface area contributed by atoms with Crippen LogP contribution in [0.3, 0.4) is 0 Å². The number of carbonyl (C=O) groups excluding carboxylic acids is 1. The molecule has 0 atom stereocenters. The molecule has 0 saturated heterocycles. The van der Waals surface area contributed by atoms with Crippen LogP contribution in [0.25, 0.3) is 10.8 Å². The smallest absolute Gasteiger partial charge is 0.264 e. The molecule has 0 fully saturated rings. The number of hydrogen-bond acceptors (Lipinski definition) is 3. The van der Waals surface area contributed by atoms with Gasteiger partial charge in [0.2, 0.25) is 5.91 Å². The van der Waals surface area contributed by atoms with E-state index in [0.29, 0.717) is 11.4 Å². The number of nitrogens with one attached hydrogen (secondary N) is 1. The number of benzene rings is 4. The predicted molar refractivity (Wildman–Crippen MR) is 132 cm³/mol. The zero-order valence-corrected chi connectivity index (χ0v) is 19.1. The van der Waals surface area contributed by atoms with Crippen molar-refractivity contribution in [3.8, 4) is 0 Å². The normalized spacial score (nSPS) is 12.6. The van der Waals surface area contributed by atoms with Gasteiger partial charge in [0.1, 0.15) is 6.54 Å². The molecule has 0 saturated carbocycles. The van der Waals surface area contributed by atoms with Gasteiger partial charge in [-0.1, -0.05) is 60.2 Å². The number of hydrogen-bond donors (Lipinski definition) is 1. The first-order chi connectivity index (χ1) is 15.9. The first-order valence-electron chi connectivity index (χ1n) is 10.9. The Morgan fingerprint density at radius 3 is 2.27 bits per heavy atom. The molecule has 1 amide bonds. The average molecular weight is 457 g/mol. The van der Waals surface area contributed by atoms with Gasteiger partial charge in [-0.15, -0.1) is 0 Å². The standard InChI is InChI=1S/C27H24N2O3S/c1-19-10-15-22(16-11-19)29(33(31,32)23-7-3-2-4-8-23)18-26(30)28-25-17-14-21-13-12-20-6-5-9-24(25)27(20)21/h2-11,14-17H,12-13,18H2,1H3,(H,28,30). The molecule has 6 heteroatoms. The fraction of sp³-hybridized carbons (Fsp3) is 0.148. The summed E-state index contributed by atoms with van der Waals surface area (Å²) in [6.07, 6.45) is 2.00. The van der Waals surface area contributed by atoms with E-state index in [-0.39, 0.29) is 11.4 Å². The third-order valence-corrected chi connectivity index (χ3v) is 7.88. The maximum Gasteiger partial charge on any atom is 0.264 e. The fourth-order valence-electron chi connectivity index (χ4n) is 4.42. The molecule has 1 aliphatic rings. The van der Waals surface area contributed by atoms with E-state index in [1.807, 2.05) is 43.3 Å². The molecule has 4 aromatic rings. The van der Waals surface area contributed by atoms with Crippen LogP contribution in [0, 0.1) is 6.92 Å². The molecule has 0 aliphatic heterocycles. The zero-order valence-electron chi connectivity index (χ0n) is 18.3. The van der Waals surface area contributed by atoms with Gasteiger partial charge in [-0.2, -0.15) is 0 Å². The topological polar surface area (TPSA) is 66.5 Å². The SMILES string of the molecule is Cc1ccc(N(CC(=O)Nc2ccc3c4c(cccc24)CC3)S(=O)(=O)c2ccccc2)cc1. The van der Waals surface area contributed by atoms with Gasteiger partial charge >= 0.3 is 0 Å². The molecule has 5 nitrogen and oxygen atoms in total. The average Bonchev–Trinajstić information content (AvgIpc) is 3.25. The van der Waals surface area contributed by atoms with Crippen molar-refractivity contribution in [3.63, 3.8) is 0 Å². The molecule has 1 aliphatic carbocycles. The summed E-state index contributed by atoms with van der Waals surface area (Å²) in [6.45, 7) is 1.60. The van der Waals surface area contributed by atoms with Crippen LogP contribution in [0.4, 0.5) is 11.4 Å². The van der Waals surface area contributed by atoms with Crippen LogP contribution in [0.1, 0.15) is 16.7 Å². The van der Waals surface area contributed by atoms with Crippen molar-refractivity contribution in [1.29, 1.82) is 0 Å². The Morgan fingerprint density at radius 2 is 1.55 bits per heavy atom. The van der Waals surface area contributed by atoms with Gasteiger partial charge in [-0.05, 0) is 66.6 Å². The fourth-order valence-corrected chi connectivity index (χ4v) is 5.86. The van der Waals surface area contributed by atoms with E-state index < -0.39 is 15.9 Å². The van der Waals surface area contributed by atoms with Crippen LogP contribution in [0.5, 0.6) is 0 Å². The molecule has 166 valence electrons. The number of nitrogens with zero attached hydrogens (tertiary/aromatic N) is 1. The molecule has 5 rings (SSSR count). The van der Waals surface area contributed by atoms with Crippen molar-refractivity contribution in [2.45, 2.75) is 24.7 Å². The van der Waals surface area contributed by atoms with Gasteiger partial charge in [0.25, 0.3) is 10.0 Å². The Hall–Kier alpha value is -3.64. The highest BCUT2D eigenvalue weighted by Crippen LogP contribution is 2.35. The molecule has 0 heterocycles. The van der Waals surface area contributed by atoms with Crippen molar-refractivity contribution in [3.05, 3.63) is 102 Å². The Balaban J connectivity index is 1.48. The molecule has 0 aromatic heterocycles. The second-order valence-electron chi connectivity index (χ2n) is 8.32. The Bertz CT molecular complexity index is 1440. The summed E-state index contributed by atoms with van der Waals surface area (Å²) in [4.78, 5) is 13.3. The van der Waals surface area contributed by atoms with E-state index in [1.54, 1.807) is 30.3 Å². The lowest BCUT2D eigenvalue weighted by Gasteiger charge is -2.24. The number of rotatable bonds is 6. The molecule has 0 radical (unpaired) electrons. The highest BCUT2D eigenvalue weighted by molar-refractivity contribution is 7.92. The lowest BCUT2D eigenvalue weighted by molar-refractivity contribution is -0.114. The van der Waals surface area contributed by atoms with Gasteiger partial charge in [0.05, 0.1) is 10.6 Å². The molecule has 0 unspecified atom stereocenters. The summed E-state index contributed by atoms with van der Waals surface area (Å²) in [5.74, 6) is -0.395.